The average Bonchev–Trinajstić information content (AvgIpc) is 2.18. The van der Waals surface area contributed by atoms with Crippen molar-refractivity contribution in [3.05, 3.63) is 29.8 Å². The van der Waals surface area contributed by atoms with Gasteiger partial charge in [-0.2, -0.15) is 0 Å². The molecule has 1 aromatic carbocycles. The first-order valence-corrected chi connectivity index (χ1v) is 7.16. The summed E-state index contributed by atoms with van der Waals surface area (Å²) in [6.45, 7) is 4.69. The van der Waals surface area contributed by atoms with Crippen LogP contribution >= 0.6 is 0 Å². The van der Waals surface area contributed by atoms with Crippen LogP contribution in [0.1, 0.15) is 13.8 Å². The zero-order valence-corrected chi connectivity index (χ0v) is 11.1. The van der Waals surface area contributed by atoms with Gasteiger partial charge in [0.15, 0.2) is 9.84 Å². The number of sulfone groups is 1. The molecule has 0 saturated heterocycles. The SMILES string of the molecule is CC(C)=CCNc1ccc(S(C)(=O)=O)cc1N. The Balaban J connectivity index is 2.88. The number of nitrogens with one attached hydrogen (secondary N) is 1. The summed E-state index contributed by atoms with van der Waals surface area (Å²) in [4.78, 5) is 0.239. The van der Waals surface area contributed by atoms with Crippen molar-refractivity contribution >= 4 is 21.2 Å². The van der Waals surface area contributed by atoms with Crippen molar-refractivity contribution in [3.8, 4) is 0 Å². The molecule has 0 bridgehead atoms. The Kier molecular flexibility index (Phi) is 4.17. The van der Waals surface area contributed by atoms with Gasteiger partial charge in [-0.3, -0.25) is 0 Å². The monoisotopic (exact) mass is 254 g/mol. The highest BCUT2D eigenvalue weighted by molar-refractivity contribution is 7.90. The highest BCUT2D eigenvalue weighted by Crippen LogP contribution is 2.22. The van der Waals surface area contributed by atoms with Gasteiger partial charge in [0.25, 0.3) is 0 Å². The van der Waals surface area contributed by atoms with E-state index in [-0.39, 0.29) is 4.90 Å². The zero-order valence-electron chi connectivity index (χ0n) is 10.3. The minimum absolute atomic E-state index is 0.239. The van der Waals surface area contributed by atoms with Crippen LogP contribution in [0.15, 0.2) is 34.7 Å². The van der Waals surface area contributed by atoms with Crippen LogP contribution in [-0.2, 0) is 9.84 Å². The Labute approximate surface area is 102 Å². The number of hydrogen-bond donors (Lipinski definition) is 2. The summed E-state index contributed by atoms with van der Waals surface area (Å²) >= 11 is 0. The summed E-state index contributed by atoms with van der Waals surface area (Å²) in [5, 5.41) is 3.13. The number of nitrogens with two attached hydrogens (primary N) is 1. The van der Waals surface area contributed by atoms with E-state index in [1.54, 1.807) is 12.1 Å². The second-order valence-corrected chi connectivity index (χ2v) is 6.20. The number of hydrogen-bond acceptors (Lipinski definition) is 4. The van der Waals surface area contributed by atoms with E-state index in [4.69, 9.17) is 5.73 Å². The van der Waals surface area contributed by atoms with Crippen molar-refractivity contribution in [2.24, 2.45) is 0 Å². The summed E-state index contributed by atoms with van der Waals surface area (Å²) in [5.74, 6) is 0. The van der Waals surface area contributed by atoms with Crippen molar-refractivity contribution in [1.82, 2.24) is 0 Å². The molecule has 0 aliphatic rings. The van der Waals surface area contributed by atoms with Crippen molar-refractivity contribution in [3.63, 3.8) is 0 Å². The van der Waals surface area contributed by atoms with Crippen LogP contribution in [0.25, 0.3) is 0 Å². The van der Waals surface area contributed by atoms with Gasteiger partial charge >= 0.3 is 0 Å². The Morgan fingerprint density at radius 1 is 1.41 bits per heavy atom. The number of allylic oxidation sites excluding steroid dienone is 1. The first-order chi connectivity index (χ1) is 7.80. The molecule has 0 aliphatic carbocycles. The maximum Gasteiger partial charge on any atom is 0.175 e. The van der Waals surface area contributed by atoms with Crippen LogP contribution in [0.5, 0.6) is 0 Å². The van der Waals surface area contributed by atoms with Gasteiger partial charge in [0.1, 0.15) is 0 Å². The molecule has 0 unspecified atom stereocenters. The van der Waals surface area contributed by atoms with Crippen LogP contribution in [0.3, 0.4) is 0 Å². The van der Waals surface area contributed by atoms with Crippen molar-refractivity contribution in [2.45, 2.75) is 18.7 Å². The van der Waals surface area contributed by atoms with E-state index in [1.165, 1.54) is 11.6 Å². The second kappa shape index (κ2) is 5.23. The van der Waals surface area contributed by atoms with Crippen LogP contribution < -0.4 is 11.1 Å². The third kappa shape index (κ3) is 4.11. The van der Waals surface area contributed by atoms with Crippen LogP contribution in [0, 0.1) is 0 Å². The summed E-state index contributed by atoms with van der Waals surface area (Å²) in [6.07, 6.45) is 3.20. The van der Waals surface area contributed by atoms with Gasteiger partial charge in [-0.15, -0.1) is 0 Å². The Morgan fingerprint density at radius 3 is 2.53 bits per heavy atom. The highest BCUT2D eigenvalue weighted by atomic mass is 32.2. The summed E-state index contributed by atoms with van der Waals surface area (Å²) in [7, 11) is -3.20. The quantitative estimate of drug-likeness (QED) is 0.637. The van der Waals surface area contributed by atoms with Crippen molar-refractivity contribution in [2.75, 3.05) is 23.9 Å². The maximum absolute atomic E-state index is 11.3. The number of rotatable bonds is 4. The standard InChI is InChI=1S/C12H18N2O2S/c1-9(2)6-7-14-12-5-4-10(8-11(12)13)17(3,15)16/h4-6,8,14H,7,13H2,1-3H3. The number of nitrogen functional groups attached to an aromatic ring is 1. The number of benzene rings is 1. The zero-order chi connectivity index (χ0) is 13.1. The first-order valence-electron chi connectivity index (χ1n) is 5.27. The highest BCUT2D eigenvalue weighted by Gasteiger charge is 2.08. The lowest BCUT2D eigenvalue weighted by Crippen LogP contribution is -2.04. The van der Waals surface area contributed by atoms with E-state index in [2.05, 4.69) is 5.32 Å². The Morgan fingerprint density at radius 2 is 2.06 bits per heavy atom. The van der Waals surface area contributed by atoms with Gasteiger partial charge in [0, 0.05) is 12.8 Å². The van der Waals surface area contributed by atoms with Gasteiger partial charge in [-0.05, 0) is 32.0 Å². The molecule has 5 heteroatoms. The Bertz CT molecular complexity index is 529. The lowest BCUT2D eigenvalue weighted by molar-refractivity contribution is 0.602. The summed E-state index contributed by atoms with van der Waals surface area (Å²) in [6, 6.07) is 4.71. The smallest absolute Gasteiger partial charge is 0.175 e. The van der Waals surface area contributed by atoms with E-state index in [9.17, 15) is 8.42 Å². The topological polar surface area (TPSA) is 72.2 Å². The van der Waals surface area contributed by atoms with Crippen molar-refractivity contribution in [1.29, 1.82) is 0 Å². The minimum atomic E-state index is -3.20. The molecule has 1 rings (SSSR count). The maximum atomic E-state index is 11.3. The Hall–Kier alpha value is -1.49. The molecule has 1 aromatic rings. The van der Waals surface area contributed by atoms with Gasteiger partial charge < -0.3 is 11.1 Å². The third-order valence-electron chi connectivity index (χ3n) is 2.25. The molecule has 0 atom stereocenters. The predicted octanol–water partition coefficient (Wildman–Crippen LogP) is 2.05. The molecule has 3 N–H and O–H groups in total. The van der Waals surface area contributed by atoms with Gasteiger partial charge in [0.2, 0.25) is 0 Å². The van der Waals surface area contributed by atoms with E-state index in [1.807, 2.05) is 19.9 Å². The third-order valence-corrected chi connectivity index (χ3v) is 3.36. The number of anilines is 2. The minimum Gasteiger partial charge on any atom is -0.397 e. The molecule has 0 aromatic heterocycles. The molecule has 4 nitrogen and oxygen atoms in total. The first kappa shape index (κ1) is 13.6. The molecule has 0 fully saturated rings. The van der Waals surface area contributed by atoms with Crippen LogP contribution in [0.2, 0.25) is 0 Å². The summed E-state index contributed by atoms with van der Waals surface area (Å²) < 4.78 is 22.6. The lowest BCUT2D eigenvalue weighted by Gasteiger charge is -2.09. The molecule has 0 amide bonds. The van der Waals surface area contributed by atoms with Gasteiger partial charge in [-0.25, -0.2) is 8.42 Å². The molecule has 0 heterocycles. The normalized spacial score (nSPS) is 11.0. The molecule has 0 radical (unpaired) electrons. The molecule has 0 spiro atoms. The van der Waals surface area contributed by atoms with E-state index in [0.29, 0.717) is 12.2 Å². The van der Waals surface area contributed by atoms with Crippen molar-refractivity contribution < 1.29 is 8.42 Å². The van der Waals surface area contributed by atoms with E-state index in [0.717, 1.165) is 11.9 Å². The van der Waals surface area contributed by atoms with E-state index >= 15 is 0 Å². The van der Waals surface area contributed by atoms with Gasteiger partial charge in [-0.1, -0.05) is 11.6 Å². The average molecular weight is 254 g/mol. The fourth-order valence-electron chi connectivity index (χ4n) is 1.30. The van der Waals surface area contributed by atoms with E-state index < -0.39 is 9.84 Å². The van der Waals surface area contributed by atoms with Crippen LogP contribution in [-0.4, -0.2) is 21.2 Å². The fourth-order valence-corrected chi connectivity index (χ4v) is 1.95. The van der Waals surface area contributed by atoms with Gasteiger partial charge in [0.05, 0.1) is 16.3 Å². The van der Waals surface area contributed by atoms with Crippen LogP contribution in [0.4, 0.5) is 11.4 Å². The molecule has 0 saturated carbocycles. The molecule has 17 heavy (non-hydrogen) atoms. The molecule has 0 aliphatic heterocycles. The second-order valence-electron chi connectivity index (χ2n) is 4.18. The molecule has 94 valence electrons. The molecular formula is C12H18N2O2S. The lowest BCUT2D eigenvalue weighted by atomic mass is 10.2. The fraction of sp³-hybridized carbons (Fsp3) is 0.333. The molecular weight excluding hydrogens is 236 g/mol. The largest absolute Gasteiger partial charge is 0.397 e. The predicted molar refractivity (Wildman–Crippen MR) is 71.9 cm³/mol. The summed E-state index contributed by atoms with van der Waals surface area (Å²) in [5.41, 5.74) is 8.18.